The monoisotopic (exact) mass is 436 g/mol. The topological polar surface area (TPSA) is 102 Å². The molecule has 0 heterocycles. The number of alkyl halides is 6. The summed E-state index contributed by atoms with van der Waals surface area (Å²) >= 11 is 0. The smallest absolute Gasteiger partial charge is 0.416 e. The van der Waals surface area contributed by atoms with Crippen LogP contribution in [0.1, 0.15) is 12.0 Å². The molecule has 1 amide bonds. The highest BCUT2D eigenvalue weighted by Gasteiger charge is 2.31. The van der Waals surface area contributed by atoms with E-state index in [2.05, 4.69) is 4.74 Å². The third kappa shape index (κ3) is 8.56. The highest BCUT2D eigenvalue weighted by atomic mass is 32.2. The van der Waals surface area contributed by atoms with Crippen LogP contribution in [0.15, 0.2) is 29.2 Å². The first-order valence-corrected chi connectivity index (χ1v) is 8.85. The van der Waals surface area contributed by atoms with E-state index in [9.17, 15) is 44.3 Å². The summed E-state index contributed by atoms with van der Waals surface area (Å²) in [6, 6.07) is 2.90. The molecule has 0 unspecified atom stereocenters. The van der Waals surface area contributed by atoms with Crippen molar-refractivity contribution < 1.29 is 49.1 Å². The van der Waals surface area contributed by atoms with Gasteiger partial charge in [0.1, 0.15) is 6.54 Å². The maximum Gasteiger partial charge on any atom is 0.416 e. The Morgan fingerprint density at radius 1 is 1.07 bits per heavy atom. The summed E-state index contributed by atoms with van der Waals surface area (Å²) in [5.41, 5.74) is -1.18. The first kappa shape index (κ1) is 23.7. The maximum absolute atomic E-state index is 12.6. The Balaban J connectivity index is 2.48. The predicted octanol–water partition coefficient (Wildman–Crippen LogP) is 1.60. The molecule has 1 aromatic rings. The summed E-state index contributed by atoms with van der Waals surface area (Å²) in [6.45, 7) is -3.18. The van der Waals surface area contributed by atoms with Crippen LogP contribution in [0.25, 0.3) is 0 Å². The number of carbonyl (C=O) groups excluding carboxylic acids is 2. The van der Waals surface area contributed by atoms with E-state index < -0.39 is 70.8 Å². The molecule has 0 saturated carbocycles. The van der Waals surface area contributed by atoms with E-state index in [0.717, 1.165) is 12.1 Å². The van der Waals surface area contributed by atoms with Gasteiger partial charge in [-0.1, -0.05) is 6.07 Å². The standard InChI is InChI=1S/C14H14F6N2O5S/c15-13(16,17)8-21-11(23)7-27-12(24)4-5-22-28(25,26)10-3-1-2-9(6-10)14(18,19)20/h1-3,6,22H,4-5,7-8H2,(H,21,23). The van der Waals surface area contributed by atoms with Crippen molar-refractivity contribution in [3.63, 3.8) is 0 Å². The fraction of sp³-hybridized carbons (Fsp3) is 0.429. The molecule has 0 radical (unpaired) electrons. The Kier molecular flexibility index (Phi) is 7.81. The first-order chi connectivity index (χ1) is 12.7. The molecule has 0 spiro atoms. The zero-order chi connectivity index (χ0) is 21.6. The molecule has 0 aliphatic heterocycles. The van der Waals surface area contributed by atoms with Gasteiger partial charge in [-0.25, -0.2) is 13.1 Å². The quantitative estimate of drug-likeness (QED) is 0.476. The minimum Gasteiger partial charge on any atom is -0.456 e. The number of ether oxygens (including phenoxy) is 1. The molecular weight excluding hydrogens is 422 g/mol. The van der Waals surface area contributed by atoms with Crippen LogP contribution in [0.3, 0.4) is 0 Å². The Bertz CT molecular complexity index is 807. The molecule has 0 aliphatic rings. The highest BCUT2D eigenvalue weighted by Crippen LogP contribution is 2.30. The predicted molar refractivity (Wildman–Crippen MR) is 81.3 cm³/mol. The van der Waals surface area contributed by atoms with Gasteiger partial charge in [-0.2, -0.15) is 26.3 Å². The first-order valence-electron chi connectivity index (χ1n) is 7.37. The minimum absolute atomic E-state index is 0.408. The van der Waals surface area contributed by atoms with Gasteiger partial charge < -0.3 is 10.1 Å². The van der Waals surface area contributed by atoms with Crippen molar-refractivity contribution in [2.45, 2.75) is 23.7 Å². The zero-order valence-electron chi connectivity index (χ0n) is 13.9. The highest BCUT2D eigenvalue weighted by molar-refractivity contribution is 7.89. The molecule has 28 heavy (non-hydrogen) atoms. The van der Waals surface area contributed by atoms with Gasteiger partial charge in [0.25, 0.3) is 5.91 Å². The average molecular weight is 436 g/mol. The summed E-state index contributed by atoms with van der Waals surface area (Å²) in [4.78, 5) is 21.7. The molecule has 0 aromatic heterocycles. The van der Waals surface area contributed by atoms with E-state index in [1.165, 1.54) is 5.32 Å². The molecule has 0 fully saturated rings. The lowest BCUT2D eigenvalue weighted by atomic mass is 10.2. The Labute approximate surface area is 155 Å². The van der Waals surface area contributed by atoms with Crippen molar-refractivity contribution in [3.8, 4) is 0 Å². The number of hydrogen-bond donors (Lipinski definition) is 2. The number of nitrogens with one attached hydrogen (secondary N) is 2. The average Bonchev–Trinajstić information content (AvgIpc) is 2.56. The lowest BCUT2D eigenvalue weighted by Crippen LogP contribution is -2.36. The van der Waals surface area contributed by atoms with Crippen LogP contribution in [0.2, 0.25) is 0 Å². The van der Waals surface area contributed by atoms with Gasteiger partial charge in [-0.15, -0.1) is 0 Å². The van der Waals surface area contributed by atoms with Crippen molar-refractivity contribution in [3.05, 3.63) is 29.8 Å². The number of benzene rings is 1. The summed E-state index contributed by atoms with van der Waals surface area (Å²) in [7, 11) is -4.36. The summed E-state index contributed by atoms with van der Waals surface area (Å²) in [5, 5.41) is 1.45. The van der Waals surface area contributed by atoms with Crippen LogP contribution in [0, 0.1) is 0 Å². The minimum atomic E-state index is -4.75. The molecule has 0 bridgehead atoms. The van der Waals surface area contributed by atoms with Crippen molar-refractivity contribution >= 4 is 21.9 Å². The van der Waals surface area contributed by atoms with Gasteiger partial charge in [0.15, 0.2) is 6.61 Å². The fourth-order valence-electron chi connectivity index (χ4n) is 1.68. The SMILES string of the molecule is O=C(COC(=O)CCNS(=O)(=O)c1cccc(C(F)(F)F)c1)NCC(F)(F)F. The Morgan fingerprint density at radius 3 is 2.29 bits per heavy atom. The number of amides is 1. The summed E-state index contributed by atoms with van der Waals surface area (Å²) < 4.78 is 104. The van der Waals surface area contributed by atoms with E-state index in [-0.39, 0.29) is 0 Å². The molecular formula is C14H14F6N2O5S. The van der Waals surface area contributed by atoms with Crippen molar-refractivity contribution in [1.82, 2.24) is 10.0 Å². The van der Waals surface area contributed by atoms with Crippen LogP contribution in [-0.4, -0.2) is 46.2 Å². The number of esters is 1. The molecule has 14 heteroatoms. The van der Waals surface area contributed by atoms with Crippen molar-refractivity contribution in [1.29, 1.82) is 0 Å². The number of carbonyl (C=O) groups is 2. The molecule has 1 rings (SSSR count). The summed E-state index contributed by atoms with van der Waals surface area (Å²) in [5.74, 6) is -2.32. The molecule has 0 atom stereocenters. The van der Waals surface area contributed by atoms with Crippen LogP contribution in [-0.2, 0) is 30.5 Å². The van der Waals surface area contributed by atoms with Crippen LogP contribution in [0.5, 0.6) is 0 Å². The molecule has 0 saturated heterocycles. The van der Waals surface area contributed by atoms with Crippen molar-refractivity contribution in [2.75, 3.05) is 19.7 Å². The van der Waals surface area contributed by atoms with E-state index >= 15 is 0 Å². The van der Waals surface area contributed by atoms with Gasteiger partial charge in [-0.3, -0.25) is 9.59 Å². The molecule has 1 aromatic carbocycles. The molecule has 2 N–H and O–H groups in total. The molecule has 158 valence electrons. The summed E-state index contributed by atoms with van der Waals surface area (Å²) in [6.07, 6.45) is -9.99. The lowest BCUT2D eigenvalue weighted by Gasteiger charge is -2.10. The second-order valence-electron chi connectivity index (χ2n) is 5.23. The van der Waals surface area contributed by atoms with Gasteiger partial charge in [0, 0.05) is 6.54 Å². The van der Waals surface area contributed by atoms with Gasteiger partial charge in [0.05, 0.1) is 16.9 Å². The van der Waals surface area contributed by atoms with E-state index in [1.54, 1.807) is 0 Å². The van der Waals surface area contributed by atoms with Crippen molar-refractivity contribution in [2.24, 2.45) is 0 Å². The van der Waals surface area contributed by atoms with Crippen LogP contribution in [0.4, 0.5) is 26.3 Å². The van der Waals surface area contributed by atoms with Gasteiger partial charge >= 0.3 is 18.3 Å². The number of rotatable bonds is 8. The lowest BCUT2D eigenvalue weighted by molar-refractivity contribution is -0.151. The second kappa shape index (κ2) is 9.23. The normalized spacial score (nSPS) is 12.5. The van der Waals surface area contributed by atoms with Crippen LogP contribution >= 0.6 is 0 Å². The molecule has 7 nitrogen and oxygen atoms in total. The largest absolute Gasteiger partial charge is 0.456 e. The second-order valence-corrected chi connectivity index (χ2v) is 6.99. The zero-order valence-corrected chi connectivity index (χ0v) is 14.7. The Morgan fingerprint density at radius 2 is 1.71 bits per heavy atom. The fourth-order valence-corrected chi connectivity index (χ4v) is 2.76. The number of halogens is 6. The Hall–Kier alpha value is -2.35. The van der Waals surface area contributed by atoms with Crippen LogP contribution < -0.4 is 10.0 Å². The van der Waals surface area contributed by atoms with E-state index in [1.807, 2.05) is 4.72 Å². The third-order valence-electron chi connectivity index (χ3n) is 2.94. The maximum atomic E-state index is 12.6. The van der Waals surface area contributed by atoms with Gasteiger partial charge in [0.2, 0.25) is 10.0 Å². The van der Waals surface area contributed by atoms with E-state index in [0.29, 0.717) is 12.1 Å². The third-order valence-corrected chi connectivity index (χ3v) is 4.40. The number of hydrogen-bond acceptors (Lipinski definition) is 5. The van der Waals surface area contributed by atoms with Gasteiger partial charge in [-0.05, 0) is 18.2 Å². The number of sulfonamides is 1. The molecule has 0 aliphatic carbocycles. The van der Waals surface area contributed by atoms with E-state index in [4.69, 9.17) is 0 Å².